The lowest BCUT2D eigenvalue weighted by Crippen LogP contribution is -3.06. The third-order valence-corrected chi connectivity index (χ3v) is 4.38. The number of rotatable bonds is 4. The Hall–Kier alpha value is -0.870. The maximum absolute atomic E-state index is 12.2. The zero-order valence-corrected chi connectivity index (χ0v) is 13.8. The standard InChI is InChI=1S/C16H22BrNO2/c1-18(2)11-13-5-3-4-6-15(13)20-16(19)12-7-9-14(17)10-8-12/h7-10,13,15H,3-6,11H2,1-2H3/p+1/t13-,15-/m0/s1. The van der Waals surface area contributed by atoms with Crippen molar-refractivity contribution in [2.45, 2.75) is 31.8 Å². The first-order chi connectivity index (χ1) is 9.56. The average Bonchev–Trinajstić information content (AvgIpc) is 2.41. The molecule has 1 saturated carbocycles. The van der Waals surface area contributed by atoms with Gasteiger partial charge in [0, 0.05) is 10.4 Å². The lowest BCUT2D eigenvalue weighted by Gasteiger charge is -2.31. The quantitative estimate of drug-likeness (QED) is 0.852. The molecule has 0 unspecified atom stereocenters. The van der Waals surface area contributed by atoms with Crippen LogP contribution in [-0.2, 0) is 4.74 Å². The summed E-state index contributed by atoms with van der Waals surface area (Å²) in [4.78, 5) is 13.6. The van der Waals surface area contributed by atoms with Crippen LogP contribution in [0.5, 0.6) is 0 Å². The van der Waals surface area contributed by atoms with Gasteiger partial charge in [0.1, 0.15) is 6.10 Å². The summed E-state index contributed by atoms with van der Waals surface area (Å²) >= 11 is 3.37. The molecule has 1 N–H and O–H groups in total. The van der Waals surface area contributed by atoms with E-state index in [9.17, 15) is 4.79 Å². The molecular weight excluding hydrogens is 318 g/mol. The van der Waals surface area contributed by atoms with Gasteiger partial charge in [0.05, 0.1) is 26.2 Å². The maximum atomic E-state index is 12.2. The normalized spacial score (nSPS) is 22.8. The van der Waals surface area contributed by atoms with Crippen LogP contribution >= 0.6 is 15.9 Å². The van der Waals surface area contributed by atoms with E-state index in [1.165, 1.54) is 17.7 Å². The number of halogens is 1. The number of nitrogens with one attached hydrogen (secondary N) is 1. The van der Waals surface area contributed by atoms with Crippen molar-refractivity contribution in [2.24, 2.45) is 5.92 Å². The fraction of sp³-hybridized carbons (Fsp3) is 0.562. The number of esters is 1. The predicted octanol–water partition coefficient (Wildman–Crippen LogP) is 2.31. The number of hydrogen-bond donors (Lipinski definition) is 1. The Kier molecular flexibility index (Phi) is 5.61. The minimum Gasteiger partial charge on any atom is -0.458 e. The minimum atomic E-state index is -0.192. The van der Waals surface area contributed by atoms with Crippen molar-refractivity contribution in [2.75, 3.05) is 20.6 Å². The molecule has 1 fully saturated rings. The van der Waals surface area contributed by atoms with Crippen LogP contribution in [0.15, 0.2) is 28.7 Å². The van der Waals surface area contributed by atoms with Gasteiger partial charge in [0.15, 0.2) is 0 Å². The smallest absolute Gasteiger partial charge is 0.338 e. The topological polar surface area (TPSA) is 30.7 Å². The molecule has 0 amide bonds. The highest BCUT2D eigenvalue weighted by molar-refractivity contribution is 9.10. The number of benzene rings is 1. The molecule has 1 aliphatic carbocycles. The lowest BCUT2D eigenvalue weighted by atomic mass is 9.86. The maximum Gasteiger partial charge on any atom is 0.338 e. The summed E-state index contributed by atoms with van der Waals surface area (Å²) < 4.78 is 6.74. The van der Waals surface area contributed by atoms with E-state index in [0.29, 0.717) is 11.5 Å². The van der Waals surface area contributed by atoms with Gasteiger partial charge >= 0.3 is 5.97 Å². The van der Waals surface area contributed by atoms with E-state index in [2.05, 4.69) is 30.0 Å². The summed E-state index contributed by atoms with van der Waals surface area (Å²) in [5.41, 5.74) is 0.634. The molecular formula is C16H23BrNO2+. The summed E-state index contributed by atoms with van der Waals surface area (Å²) in [6.07, 6.45) is 4.67. The van der Waals surface area contributed by atoms with Gasteiger partial charge in [0.25, 0.3) is 0 Å². The number of ether oxygens (including phenoxy) is 1. The molecule has 0 heterocycles. The second-order valence-corrected chi connectivity index (χ2v) is 6.82. The first kappa shape index (κ1) is 15.5. The number of hydrogen-bond acceptors (Lipinski definition) is 2. The molecule has 20 heavy (non-hydrogen) atoms. The van der Waals surface area contributed by atoms with Crippen LogP contribution < -0.4 is 4.90 Å². The van der Waals surface area contributed by atoms with Crippen LogP contribution in [0.4, 0.5) is 0 Å². The molecule has 1 aromatic carbocycles. The fourth-order valence-electron chi connectivity index (χ4n) is 2.88. The van der Waals surface area contributed by atoms with E-state index in [4.69, 9.17) is 4.74 Å². The Labute approximate surface area is 129 Å². The summed E-state index contributed by atoms with van der Waals surface area (Å²) in [7, 11) is 4.31. The van der Waals surface area contributed by atoms with E-state index in [0.717, 1.165) is 23.9 Å². The van der Waals surface area contributed by atoms with Gasteiger partial charge in [-0.1, -0.05) is 22.4 Å². The van der Waals surface area contributed by atoms with Gasteiger partial charge < -0.3 is 9.64 Å². The van der Waals surface area contributed by atoms with E-state index >= 15 is 0 Å². The second-order valence-electron chi connectivity index (χ2n) is 5.91. The molecule has 0 aliphatic heterocycles. The number of carbonyl (C=O) groups is 1. The van der Waals surface area contributed by atoms with Gasteiger partial charge in [-0.2, -0.15) is 0 Å². The Morgan fingerprint density at radius 1 is 1.25 bits per heavy atom. The molecule has 0 bridgehead atoms. The molecule has 1 aromatic rings. The molecule has 3 nitrogen and oxygen atoms in total. The monoisotopic (exact) mass is 340 g/mol. The summed E-state index contributed by atoms with van der Waals surface area (Å²) in [5.74, 6) is 0.302. The highest BCUT2D eigenvalue weighted by atomic mass is 79.9. The van der Waals surface area contributed by atoms with Gasteiger partial charge in [-0.05, 0) is 43.5 Å². The Bertz CT molecular complexity index is 444. The largest absolute Gasteiger partial charge is 0.458 e. The first-order valence-electron chi connectivity index (χ1n) is 7.32. The van der Waals surface area contributed by atoms with Gasteiger partial charge in [0.2, 0.25) is 0 Å². The number of carbonyl (C=O) groups excluding carboxylic acids is 1. The van der Waals surface area contributed by atoms with E-state index < -0.39 is 0 Å². The molecule has 110 valence electrons. The Morgan fingerprint density at radius 3 is 2.55 bits per heavy atom. The molecule has 0 radical (unpaired) electrons. The van der Waals surface area contributed by atoms with Crippen molar-refractivity contribution in [3.05, 3.63) is 34.3 Å². The minimum absolute atomic E-state index is 0.0785. The molecule has 4 heteroatoms. The molecule has 0 spiro atoms. The van der Waals surface area contributed by atoms with Crippen molar-refractivity contribution < 1.29 is 14.4 Å². The van der Waals surface area contributed by atoms with Gasteiger partial charge in [-0.3, -0.25) is 0 Å². The van der Waals surface area contributed by atoms with Crippen LogP contribution in [0.25, 0.3) is 0 Å². The molecule has 0 saturated heterocycles. The van der Waals surface area contributed by atoms with Gasteiger partial charge in [-0.15, -0.1) is 0 Å². The highest BCUT2D eigenvalue weighted by Crippen LogP contribution is 2.27. The zero-order valence-electron chi connectivity index (χ0n) is 12.2. The SMILES string of the molecule is C[NH+](C)C[C@@H]1CCCC[C@@H]1OC(=O)c1ccc(Br)cc1. The van der Waals surface area contributed by atoms with Crippen molar-refractivity contribution >= 4 is 21.9 Å². The third-order valence-electron chi connectivity index (χ3n) is 3.85. The van der Waals surface area contributed by atoms with Crippen LogP contribution in [0, 0.1) is 5.92 Å². The van der Waals surface area contributed by atoms with Gasteiger partial charge in [-0.25, -0.2) is 4.79 Å². The highest BCUT2D eigenvalue weighted by Gasteiger charge is 2.30. The lowest BCUT2D eigenvalue weighted by molar-refractivity contribution is -0.862. The van der Waals surface area contributed by atoms with Crippen LogP contribution in [0.3, 0.4) is 0 Å². The summed E-state index contributed by atoms with van der Waals surface area (Å²) in [6, 6.07) is 7.36. The van der Waals surface area contributed by atoms with Crippen LogP contribution in [0.1, 0.15) is 36.0 Å². The zero-order chi connectivity index (χ0) is 14.5. The van der Waals surface area contributed by atoms with E-state index in [-0.39, 0.29) is 12.1 Å². The molecule has 0 aromatic heterocycles. The first-order valence-corrected chi connectivity index (χ1v) is 8.11. The second kappa shape index (κ2) is 7.23. The van der Waals surface area contributed by atoms with Crippen molar-refractivity contribution in [1.29, 1.82) is 0 Å². The Morgan fingerprint density at radius 2 is 1.90 bits per heavy atom. The molecule has 2 rings (SSSR count). The number of quaternary nitrogens is 1. The summed E-state index contributed by atoms with van der Waals surface area (Å²) in [5, 5.41) is 0. The van der Waals surface area contributed by atoms with E-state index in [1.807, 2.05) is 12.1 Å². The van der Waals surface area contributed by atoms with Crippen molar-refractivity contribution in [1.82, 2.24) is 0 Å². The molecule has 2 atom stereocenters. The van der Waals surface area contributed by atoms with Crippen molar-refractivity contribution in [3.8, 4) is 0 Å². The van der Waals surface area contributed by atoms with E-state index in [1.54, 1.807) is 12.1 Å². The van der Waals surface area contributed by atoms with Crippen LogP contribution in [0.2, 0.25) is 0 Å². The average molecular weight is 341 g/mol. The van der Waals surface area contributed by atoms with Crippen LogP contribution in [-0.4, -0.2) is 32.7 Å². The Balaban J connectivity index is 1.99. The summed E-state index contributed by atoms with van der Waals surface area (Å²) in [6.45, 7) is 1.07. The molecule has 1 aliphatic rings. The fourth-order valence-corrected chi connectivity index (χ4v) is 3.14. The third kappa shape index (κ3) is 4.32. The predicted molar refractivity (Wildman–Crippen MR) is 83.0 cm³/mol. The van der Waals surface area contributed by atoms with Crippen molar-refractivity contribution in [3.63, 3.8) is 0 Å².